The SMILES string of the molecule is COC(=O)c1cncc(NC2CCc3ccccc3C2)n1. The number of fused-ring (bicyclic) bond motifs is 1. The van der Waals surface area contributed by atoms with Gasteiger partial charge in [-0.05, 0) is 30.4 Å². The van der Waals surface area contributed by atoms with Crippen molar-refractivity contribution >= 4 is 11.8 Å². The Hall–Kier alpha value is -2.43. The Morgan fingerprint density at radius 2 is 2.10 bits per heavy atom. The van der Waals surface area contributed by atoms with E-state index in [9.17, 15) is 4.79 Å². The fraction of sp³-hybridized carbons (Fsp3) is 0.312. The number of esters is 1. The van der Waals surface area contributed by atoms with E-state index in [0.717, 1.165) is 19.3 Å². The first-order valence-corrected chi connectivity index (χ1v) is 7.00. The highest BCUT2D eigenvalue weighted by atomic mass is 16.5. The van der Waals surface area contributed by atoms with Crippen LogP contribution in [0.3, 0.4) is 0 Å². The van der Waals surface area contributed by atoms with Crippen LogP contribution in [-0.4, -0.2) is 29.1 Å². The number of hydrogen-bond donors (Lipinski definition) is 1. The Bertz CT molecular complexity index is 657. The van der Waals surface area contributed by atoms with Crippen molar-refractivity contribution in [3.63, 3.8) is 0 Å². The topological polar surface area (TPSA) is 64.1 Å². The molecule has 21 heavy (non-hydrogen) atoms. The van der Waals surface area contributed by atoms with Crippen LogP contribution >= 0.6 is 0 Å². The Morgan fingerprint density at radius 3 is 2.90 bits per heavy atom. The van der Waals surface area contributed by atoms with Gasteiger partial charge in [0.05, 0.1) is 19.5 Å². The second-order valence-corrected chi connectivity index (χ2v) is 5.13. The number of benzene rings is 1. The third-order valence-electron chi connectivity index (χ3n) is 3.73. The molecule has 0 fully saturated rings. The molecule has 1 atom stereocenters. The lowest BCUT2D eigenvalue weighted by molar-refractivity contribution is 0.0593. The standard InChI is InChI=1S/C16H17N3O2/c1-21-16(20)14-9-17-10-15(19-14)18-13-7-6-11-4-2-3-5-12(11)8-13/h2-5,9-10,13H,6-8H2,1H3,(H,18,19). The summed E-state index contributed by atoms with van der Waals surface area (Å²) >= 11 is 0. The summed E-state index contributed by atoms with van der Waals surface area (Å²) in [5, 5.41) is 3.36. The molecule has 0 aliphatic heterocycles. The summed E-state index contributed by atoms with van der Waals surface area (Å²) in [6.07, 6.45) is 6.10. The number of anilines is 1. The van der Waals surface area contributed by atoms with Gasteiger partial charge in [0.2, 0.25) is 0 Å². The molecule has 0 amide bonds. The van der Waals surface area contributed by atoms with Crippen LogP contribution in [0.4, 0.5) is 5.82 Å². The second kappa shape index (κ2) is 5.91. The van der Waals surface area contributed by atoms with Gasteiger partial charge in [0.1, 0.15) is 5.82 Å². The first-order valence-electron chi connectivity index (χ1n) is 7.00. The minimum atomic E-state index is -0.472. The van der Waals surface area contributed by atoms with E-state index in [4.69, 9.17) is 0 Å². The van der Waals surface area contributed by atoms with Gasteiger partial charge in [0.25, 0.3) is 0 Å². The highest BCUT2D eigenvalue weighted by Crippen LogP contribution is 2.23. The molecule has 0 spiro atoms. The fourth-order valence-electron chi connectivity index (χ4n) is 2.67. The third kappa shape index (κ3) is 3.02. The summed E-state index contributed by atoms with van der Waals surface area (Å²) in [4.78, 5) is 19.8. The maximum atomic E-state index is 11.5. The summed E-state index contributed by atoms with van der Waals surface area (Å²) in [5.41, 5.74) is 3.02. The quantitative estimate of drug-likeness (QED) is 0.875. The van der Waals surface area contributed by atoms with E-state index in [0.29, 0.717) is 11.9 Å². The Balaban J connectivity index is 1.72. The normalized spacial score (nSPS) is 16.9. The Kier molecular flexibility index (Phi) is 3.81. The van der Waals surface area contributed by atoms with Crippen LogP contribution < -0.4 is 5.32 Å². The fourth-order valence-corrected chi connectivity index (χ4v) is 2.67. The van der Waals surface area contributed by atoms with Crippen molar-refractivity contribution in [2.24, 2.45) is 0 Å². The van der Waals surface area contributed by atoms with Gasteiger partial charge in [-0.2, -0.15) is 0 Å². The molecule has 1 aliphatic rings. The van der Waals surface area contributed by atoms with Gasteiger partial charge in [-0.15, -0.1) is 0 Å². The molecule has 1 unspecified atom stereocenters. The van der Waals surface area contributed by atoms with E-state index in [1.165, 1.54) is 24.4 Å². The molecule has 0 radical (unpaired) electrons. The predicted octanol–water partition coefficient (Wildman–Crippen LogP) is 2.23. The van der Waals surface area contributed by atoms with E-state index in [1.807, 2.05) is 0 Å². The van der Waals surface area contributed by atoms with Crippen molar-refractivity contribution < 1.29 is 9.53 Å². The predicted molar refractivity (Wildman–Crippen MR) is 79.2 cm³/mol. The minimum absolute atomic E-state index is 0.221. The Morgan fingerprint density at radius 1 is 1.29 bits per heavy atom. The minimum Gasteiger partial charge on any atom is -0.464 e. The summed E-state index contributed by atoms with van der Waals surface area (Å²) in [7, 11) is 1.34. The number of rotatable bonds is 3. The van der Waals surface area contributed by atoms with Gasteiger partial charge in [0.15, 0.2) is 5.69 Å². The molecule has 1 aromatic carbocycles. The van der Waals surface area contributed by atoms with E-state index in [1.54, 1.807) is 6.20 Å². The first kappa shape index (κ1) is 13.5. The summed E-state index contributed by atoms with van der Waals surface area (Å²) in [6, 6.07) is 8.81. The van der Waals surface area contributed by atoms with Crippen molar-refractivity contribution in [2.75, 3.05) is 12.4 Å². The van der Waals surface area contributed by atoms with Gasteiger partial charge < -0.3 is 10.1 Å². The molecule has 5 heteroatoms. The molecule has 0 saturated carbocycles. The maximum absolute atomic E-state index is 11.5. The largest absolute Gasteiger partial charge is 0.464 e. The van der Waals surface area contributed by atoms with Crippen LogP contribution in [0.15, 0.2) is 36.7 Å². The van der Waals surface area contributed by atoms with Crippen LogP contribution in [0.5, 0.6) is 0 Å². The number of methoxy groups -OCH3 is 1. The van der Waals surface area contributed by atoms with Crippen LogP contribution in [0.25, 0.3) is 0 Å². The average Bonchev–Trinajstić information content (AvgIpc) is 2.54. The van der Waals surface area contributed by atoms with Crippen molar-refractivity contribution in [3.05, 3.63) is 53.5 Å². The van der Waals surface area contributed by atoms with Gasteiger partial charge in [-0.3, -0.25) is 4.98 Å². The molecule has 1 heterocycles. The summed E-state index contributed by atoms with van der Waals surface area (Å²) in [6.45, 7) is 0. The van der Waals surface area contributed by atoms with Crippen LogP contribution in [0, 0.1) is 0 Å². The second-order valence-electron chi connectivity index (χ2n) is 5.13. The van der Waals surface area contributed by atoms with Crippen LogP contribution in [-0.2, 0) is 17.6 Å². The van der Waals surface area contributed by atoms with E-state index in [-0.39, 0.29) is 5.69 Å². The number of nitrogens with zero attached hydrogens (tertiary/aromatic N) is 2. The maximum Gasteiger partial charge on any atom is 0.358 e. The molecule has 0 saturated heterocycles. The van der Waals surface area contributed by atoms with E-state index >= 15 is 0 Å². The number of carbonyl (C=O) groups excluding carboxylic acids is 1. The number of nitrogens with one attached hydrogen (secondary N) is 1. The van der Waals surface area contributed by atoms with Crippen molar-refractivity contribution in [2.45, 2.75) is 25.3 Å². The van der Waals surface area contributed by atoms with Crippen molar-refractivity contribution in [1.82, 2.24) is 9.97 Å². The lowest BCUT2D eigenvalue weighted by Crippen LogP contribution is -2.28. The molecule has 3 rings (SSSR count). The molecular formula is C16H17N3O2. The van der Waals surface area contributed by atoms with Crippen LogP contribution in [0.2, 0.25) is 0 Å². The van der Waals surface area contributed by atoms with Crippen molar-refractivity contribution in [3.8, 4) is 0 Å². The number of aryl methyl sites for hydroxylation is 1. The van der Waals surface area contributed by atoms with Gasteiger partial charge in [-0.1, -0.05) is 24.3 Å². The molecule has 5 nitrogen and oxygen atoms in total. The molecule has 108 valence electrons. The lowest BCUT2D eigenvalue weighted by atomic mass is 9.88. The number of hydrogen-bond acceptors (Lipinski definition) is 5. The van der Waals surface area contributed by atoms with Gasteiger partial charge >= 0.3 is 5.97 Å². The van der Waals surface area contributed by atoms with Gasteiger partial charge in [-0.25, -0.2) is 9.78 Å². The number of ether oxygens (including phenoxy) is 1. The molecule has 1 N–H and O–H groups in total. The zero-order valence-corrected chi connectivity index (χ0v) is 11.9. The number of aromatic nitrogens is 2. The monoisotopic (exact) mass is 283 g/mol. The molecule has 1 aliphatic carbocycles. The van der Waals surface area contributed by atoms with Crippen molar-refractivity contribution in [1.29, 1.82) is 0 Å². The third-order valence-corrected chi connectivity index (χ3v) is 3.73. The zero-order valence-electron chi connectivity index (χ0n) is 11.9. The van der Waals surface area contributed by atoms with E-state index < -0.39 is 5.97 Å². The Labute approximate surface area is 123 Å². The van der Waals surface area contributed by atoms with Gasteiger partial charge in [0, 0.05) is 6.04 Å². The summed E-state index contributed by atoms with van der Waals surface area (Å²) < 4.78 is 4.66. The zero-order chi connectivity index (χ0) is 14.7. The molecule has 0 bridgehead atoms. The summed E-state index contributed by atoms with van der Waals surface area (Å²) in [5.74, 6) is 0.141. The lowest BCUT2D eigenvalue weighted by Gasteiger charge is -2.25. The van der Waals surface area contributed by atoms with Crippen LogP contribution in [0.1, 0.15) is 28.0 Å². The highest BCUT2D eigenvalue weighted by molar-refractivity contribution is 5.87. The number of carbonyl (C=O) groups is 1. The first-order chi connectivity index (χ1) is 10.3. The molecule has 1 aromatic heterocycles. The molecule has 2 aromatic rings. The smallest absolute Gasteiger partial charge is 0.358 e. The molecular weight excluding hydrogens is 266 g/mol. The van der Waals surface area contributed by atoms with E-state index in [2.05, 4.69) is 44.3 Å². The average molecular weight is 283 g/mol. The highest BCUT2D eigenvalue weighted by Gasteiger charge is 2.19.